The van der Waals surface area contributed by atoms with Crippen LogP contribution >= 0.6 is 0 Å². The predicted molar refractivity (Wildman–Crippen MR) is 102 cm³/mol. The minimum atomic E-state index is -0.600. The summed E-state index contributed by atoms with van der Waals surface area (Å²) in [6.45, 7) is 5.80. The number of ether oxygens (including phenoxy) is 3. The second-order valence-electron chi connectivity index (χ2n) is 6.22. The van der Waals surface area contributed by atoms with Crippen molar-refractivity contribution in [2.75, 3.05) is 6.61 Å². The largest absolute Gasteiger partial charge is 0.462 e. The molecule has 0 aromatic heterocycles. The van der Waals surface area contributed by atoms with E-state index in [1.54, 1.807) is 13.8 Å². The van der Waals surface area contributed by atoms with E-state index >= 15 is 0 Å². The zero-order valence-electron chi connectivity index (χ0n) is 16.5. The summed E-state index contributed by atoms with van der Waals surface area (Å²) >= 11 is 0. The summed E-state index contributed by atoms with van der Waals surface area (Å²) in [7, 11) is 0. The lowest BCUT2D eigenvalue weighted by molar-refractivity contribution is -0.135. The van der Waals surface area contributed by atoms with Crippen molar-refractivity contribution in [1.82, 2.24) is 0 Å². The Morgan fingerprint density at radius 2 is 1.44 bits per heavy atom. The molecule has 0 aliphatic carbocycles. The van der Waals surface area contributed by atoms with Gasteiger partial charge in [0.25, 0.3) is 0 Å². The van der Waals surface area contributed by atoms with Crippen molar-refractivity contribution in [3.05, 3.63) is 23.8 Å². The molecule has 1 rings (SSSR count). The molecule has 6 heteroatoms. The minimum absolute atomic E-state index is 0.0733. The zero-order chi connectivity index (χ0) is 20.1. The number of rotatable bonds is 12. The van der Waals surface area contributed by atoms with E-state index in [0.29, 0.717) is 6.61 Å². The van der Waals surface area contributed by atoms with E-state index in [1.807, 2.05) is 0 Å². The third kappa shape index (κ3) is 8.71. The smallest absolute Gasteiger partial charge is 0.342 e. The lowest BCUT2D eigenvalue weighted by atomic mass is 10.1. The number of hydrogen-bond acceptors (Lipinski definition) is 6. The first-order valence-corrected chi connectivity index (χ1v) is 9.74. The molecule has 0 amide bonds. The van der Waals surface area contributed by atoms with E-state index < -0.39 is 17.9 Å². The normalized spacial score (nSPS) is 10.3. The highest BCUT2D eigenvalue weighted by atomic mass is 16.6. The molecule has 27 heavy (non-hydrogen) atoms. The highest BCUT2D eigenvalue weighted by Gasteiger charge is 2.18. The second kappa shape index (κ2) is 12.9. The summed E-state index contributed by atoms with van der Waals surface area (Å²) in [4.78, 5) is 35.5. The van der Waals surface area contributed by atoms with Crippen LogP contribution in [0.4, 0.5) is 0 Å². The molecule has 0 aliphatic rings. The Morgan fingerprint density at radius 3 is 2.11 bits per heavy atom. The zero-order valence-corrected chi connectivity index (χ0v) is 16.5. The van der Waals surface area contributed by atoms with Crippen molar-refractivity contribution in [2.45, 2.75) is 72.1 Å². The predicted octanol–water partition coefficient (Wildman–Crippen LogP) is 4.83. The van der Waals surface area contributed by atoms with Gasteiger partial charge in [0.1, 0.15) is 17.1 Å². The maximum Gasteiger partial charge on any atom is 0.342 e. The molecule has 0 radical (unpaired) electrons. The summed E-state index contributed by atoms with van der Waals surface area (Å²) in [5.74, 6) is -1.16. The first-order chi connectivity index (χ1) is 13.0. The lowest BCUT2D eigenvalue weighted by Gasteiger charge is -2.12. The number of benzene rings is 1. The number of hydrogen-bond donors (Lipinski definition) is 0. The second-order valence-corrected chi connectivity index (χ2v) is 6.22. The number of carbonyl (C=O) groups is 3. The summed E-state index contributed by atoms with van der Waals surface area (Å²) < 4.78 is 15.6. The van der Waals surface area contributed by atoms with E-state index in [-0.39, 0.29) is 29.9 Å². The van der Waals surface area contributed by atoms with E-state index in [4.69, 9.17) is 14.2 Å². The van der Waals surface area contributed by atoms with Crippen LogP contribution in [0, 0.1) is 0 Å². The molecule has 150 valence electrons. The minimum Gasteiger partial charge on any atom is -0.462 e. The van der Waals surface area contributed by atoms with Crippen molar-refractivity contribution >= 4 is 17.9 Å². The van der Waals surface area contributed by atoms with E-state index in [9.17, 15) is 14.4 Å². The Bertz CT molecular complexity index is 623. The fraction of sp³-hybridized carbons (Fsp3) is 0.571. The molecule has 0 bridgehead atoms. The molecule has 0 unspecified atom stereocenters. The van der Waals surface area contributed by atoms with Crippen LogP contribution in [0.2, 0.25) is 0 Å². The first-order valence-electron chi connectivity index (χ1n) is 9.74. The van der Waals surface area contributed by atoms with Gasteiger partial charge in [0.05, 0.1) is 6.61 Å². The van der Waals surface area contributed by atoms with Gasteiger partial charge < -0.3 is 14.2 Å². The van der Waals surface area contributed by atoms with Gasteiger partial charge in [0.2, 0.25) is 0 Å². The van der Waals surface area contributed by atoms with Gasteiger partial charge in [0.15, 0.2) is 0 Å². The molecule has 0 N–H and O–H groups in total. The Labute approximate surface area is 161 Å². The molecule has 0 aliphatic heterocycles. The van der Waals surface area contributed by atoms with E-state index in [0.717, 1.165) is 19.3 Å². The molecule has 0 spiro atoms. The summed E-state index contributed by atoms with van der Waals surface area (Å²) in [6, 6.07) is 4.29. The molecule has 0 saturated heterocycles. The Kier molecular flexibility index (Phi) is 10.8. The Balaban J connectivity index is 2.73. The highest BCUT2D eigenvalue weighted by Crippen LogP contribution is 2.26. The van der Waals surface area contributed by atoms with Crippen molar-refractivity contribution in [2.24, 2.45) is 0 Å². The molecule has 0 heterocycles. The average Bonchev–Trinajstić information content (AvgIpc) is 2.67. The van der Waals surface area contributed by atoms with Crippen LogP contribution in [-0.2, 0) is 14.3 Å². The van der Waals surface area contributed by atoms with Gasteiger partial charge in [-0.25, -0.2) is 4.79 Å². The maximum absolute atomic E-state index is 12.4. The topological polar surface area (TPSA) is 78.9 Å². The van der Waals surface area contributed by atoms with Gasteiger partial charge in [-0.3, -0.25) is 9.59 Å². The van der Waals surface area contributed by atoms with Crippen LogP contribution in [0.1, 0.15) is 82.5 Å². The molecule has 0 fully saturated rings. The van der Waals surface area contributed by atoms with Crippen molar-refractivity contribution in [3.8, 4) is 11.5 Å². The SMILES string of the molecule is CCCCCCCCOC(=O)c1cc(OC(=O)CC)ccc1OC(=O)CC. The molecular weight excluding hydrogens is 348 g/mol. The summed E-state index contributed by atoms with van der Waals surface area (Å²) in [6.07, 6.45) is 6.88. The molecule has 0 saturated carbocycles. The van der Waals surface area contributed by atoms with Gasteiger partial charge in [0, 0.05) is 12.8 Å². The van der Waals surface area contributed by atoms with Gasteiger partial charge >= 0.3 is 17.9 Å². The maximum atomic E-state index is 12.4. The van der Waals surface area contributed by atoms with Gasteiger partial charge in [-0.1, -0.05) is 52.9 Å². The van der Waals surface area contributed by atoms with Gasteiger partial charge in [-0.05, 0) is 24.6 Å². The highest BCUT2D eigenvalue weighted by molar-refractivity contribution is 5.94. The Hall–Kier alpha value is -2.37. The standard InChI is InChI=1S/C21H30O6/c1-4-7-8-9-10-11-14-25-21(24)17-15-16(26-19(22)5-2)12-13-18(17)27-20(23)6-3/h12-13,15H,4-11,14H2,1-3H3. The Morgan fingerprint density at radius 1 is 0.815 bits per heavy atom. The summed E-state index contributed by atoms with van der Waals surface area (Å²) in [5, 5.41) is 0. The number of carbonyl (C=O) groups excluding carboxylic acids is 3. The van der Waals surface area contributed by atoms with Gasteiger partial charge in [-0.2, -0.15) is 0 Å². The van der Waals surface area contributed by atoms with Crippen molar-refractivity contribution < 1.29 is 28.6 Å². The van der Waals surface area contributed by atoms with Crippen molar-refractivity contribution in [1.29, 1.82) is 0 Å². The fourth-order valence-corrected chi connectivity index (χ4v) is 2.34. The third-order valence-electron chi connectivity index (χ3n) is 3.93. The molecular formula is C21H30O6. The van der Waals surface area contributed by atoms with E-state index in [1.165, 1.54) is 37.5 Å². The molecule has 6 nitrogen and oxygen atoms in total. The molecule has 1 aromatic carbocycles. The summed E-state index contributed by atoms with van der Waals surface area (Å²) in [5.41, 5.74) is 0.0733. The van der Waals surface area contributed by atoms with Crippen LogP contribution < -0.4 is 9.47 Å². The monoisotopic (exact) mass is 378 g/mol. The van der Waals surface area contributed by atoms with Gasteiger partial charge in [-0.15, -0.1) is 0 Å². The van der Waals surface area contributed by atoms with Crippen LogP contribution in [0.15, 0.2) is 18.2 Å². The quantitative estimate of drug-likeness (QED) is 0.294. The average molecular weight is 378 g/mol. The first kappa shape index (κ1) is 22.7. The van der Waals surface area contributed by atoms with Crippen molar-refractivity contribution in [3.63, 3.8) is 0 Å². The number of unbranched alkanes of at least 4 members (excludes halogenated alkanes) is 5. The van der Waals surface area contributed by atoms with Crippen LogP contribution in [0.25, 0.3) is 0 Å². The van der Waals surface area contributed by atoms with E-state index in [2.05, 4.69) is 6.92 Å². The van der Waals surface area contributed by atoms with Crippen LogP contribution in [0.5, 0.6) is 11.5 Å². The van der Waals surface area contributed by atoms with Crippen LogP contribution in [0.3, 0.4) is 0 Å². The third-order valence-corrected chi connectivity index (χ3v) is 3.93. The lowest BCUT2D eigenvalue weighted by Crippen LogP contribution is -2.13. The molecule has 0 atom stereocenters. The van der Waals surface area contributed by atoms with Crippen LogP contribution in [-0.4, -0.2) is 24.5 Å². The molecule has 1 aromatic rings. The number of esters is 3. The fourth-order valence-electron chi connectivity index (χ4n) is 2.34.